The molecule has 5 nitrogen and oxygen atoms in total. The third kappa shape index (κ3) is 5.43. The van der Waals surface area contributed by atoms with Crippen molar-refractivity contribution in [2.24, 2.45) is 0 Å². The minimum Gasteiger partial charge on any atom is -0.496 e. The second kappa shape index (κ2) is 9.52. The number of methoxy groups -OCH3 is 1. The second-order valence-electron chi connectivity index (χ2n) is 5.83. The molecule has 0 radical (unpaired) electrons. The molecule has 3 N–H and O–H groups in total. The fourth-order valence-corrected chi connectivity index (χ4v) is 3.42. The Morgan fingerprint density at radius 3 is 2.21 bits per heavy atom. The lowest BCUT2D eigenvalue weighted by molar-refractivity contribution is 0.0977. The van der Waals surface area contributed by atoms with Crippen LogP contribution < -0.4 is 20.7 Å². The van der Waals surface area contributed by atoms with E-state index >= 15 is 0 Å². The van der Waals surface area contributed by atoms with Gasteiger partial charge >= 0.3 is 0 Å². The summed E-state index contributed by atoms with van der Waals surface area (Å²) in [4.78, 5) is 12.4. The smallest absolute Gasteiger partial charge is 0.257 e. The minimum atomic E-state index is -0.277. The zero-order chi connectivity index (χ0) is 19.9. The number of rotatable bonds is 5. The summed E-state index contributed by atoms with van der Waals surface area (Å²) in [5, 5.41) is 9.25. The summed E-state index contributed by atoms with van der Waals surface area (Å²) in [5.41, 5.74) is 3.27. The number of halogens is 1. The van der Waals surface area contributed by atoms with Gasteiger partial charge in [0.2, 0.25) is 0 Å². The molecule has 0 aromatic heterocycles. The van der Waals surface area contributed by atoms with Gasteiger partial charge in [-0.1, -0.05) is 18.2 Å². The van der Waals surface area contributed by atoms with Gasteiger partial charge in [0.15, 0.2) is 5.11 Å². The van der Waals surface area contributed by atoms with Crippen molar-refractivity contribution in [1.29, 1.82) is 0 Å². The average molecular weight is 503 g/mol. The molecule has 3 aromatic carbocycles. The van der Waals surface area contributed by atoms with Gasteiger partial charge < -0.3 is 15.4 Å². The van der Waals surface area contributed by atoms with Crippen LogP contribution >= 0.6 is 34.8 Å². The number of hydrogen-bond donors (Lipinski definition) is 3. The van der Waals surface area contributed by atoms with Gasteiger partial charge in [-0.05, 0) is 89.4 Å². The summed E-state index contributed by atoms with van der Waals surface area (Å²) in [6.45, 7) is 0. The Labute approximate surface area is 182 Å². The Morgan fingerprint density at radius 1 is 0.929 bits per heavy atom. The summed E-state index contributed by atoms with van der Waals surface area (Å²) in [5.74, 6) is 0.447. The van der Waals surface area contributed by atoms with E-state index in [-0.39, 0.29) is 11.0 Å². The van der Waals surface area contributed by atoms with E-state index in [1.807, 2.05) is 54.6 Å². The number of carbonyl (C=O) groups is 1. The fourth-order valence-electron chi connectivity index (χ4n) is 2.47. The highest BCUT2D eigenvalue weighted by Gasteiger charge is 2.10. The van der Waals surface area contributed by atoms with E-state index in [0.717, 1.165) is 26.4 Å². The first-order valence-electron chi connectivity index (χ1n) is 8.43. The predicted molar refractivity (Wildman–Crippen MR) is 126 cm³/mol. The van der Waals surface area contributed by atoms with Crippen LogP contribution in [0.5, 0.6) is 5.75 Å². The molecule has 0 atom stereocenters. The lowest BCUT2D eigenvalue weighted by Crippen LogP contribution is -2.34. The number of hydrogen-bond acceptors (Lipinski definition) is 4. The molecule has 0 saturated carbocycles. The summed E-state index contributed by atoms with van der Waals surface area (Å²) >= 11 is 7.37. The fraction of sp³-hybridized carbons (Fsp3) is 0.0476. The zero-order valence-electron chi connectivity index (χ0n) is 15.0. The first-order valence-corrected chi connectivity index (χ1v) is 9.92. The van der Waals surface area contributed by atoms with E-state index < -0.39 is 0 Å². The first-order chi connectivity index (χ1) is 13.5. The predicted octanol–water partition coefficient (Wildman–Crippen LogP) is 5.17. The third-order valence-electron chi connectivity index (χ3n) is 3.85. The summed E-state index contributed by atoms with van der Waals surface area (Å²) in [6, 6.07) is 22.8. The molecule has 7 heteroatoms. The quantitative estimate of drug-likeness (QED) is 0.331. The maximum absolute atomic E-state index is 12.4. The summed E-state index contributed by atoms with van der Waals surface area (Å²) in [6.07, 6.45) is 0. The SMILES string of the molecule is COc1ccc(C(=O)NC(=S)Nc2ccc(Nc3ccccc3)cc2)cc1I. The van der Waals surface area contributed by atoms with Crippen LogP contribution in [-0.4, -0.2) is 18.1 Å². The normalized spacial score (nSPS) is 10.1. The van der Waals surface area contributed by atoms with E-state index in [1.165, 1.54) is 0 Å². The number of nitrogens with one attached hydrogen (secondary N) is 3. The van der Waals surface area contributed by atoms with Crippen molar-refractivity contribution in [2.75, 3.05) is 17.7 Å². The third-order valence-corrected chi connectivity index (χ3v) is 4.89. The molecule has 0 bridgehead atoms. The van der Waals surface area contributed by atoms with E-state index in [9.17, 15) is 4.79 Å². The highest BCUT2D eigenvalue weighted by atomic mass is 127. The standard InChI is InChI=1S/C21H18IN3O2S/c1-27-19-12-7-14(13-18(19)22)20(26)25-21(28)24-17-10-8-16(9-11-17)23-15-5-3-2-4-6-15/h2-13,23H,1H3,(H2,24,25,26,28). The molecule has 0 spiro atoms. The summed E-state index contributed by atoms with van der Waals surface area (Å²) in [7, 11) is 1.59. The van der Waals surface area contributed by atoms with Crippen molar-refractivity contribution in [3.8, 4) is 5.75 Å². The van der Waals surface area contributed by atoms with Crippen LogP contribution in [0.1, 0.15) is 10.4 Å². The van der Waals surface area contributed by atoms with Gasteiger partial charge in [0, 0.05) is 22.6 Å². The Balaban J connectivity index is 1.57. The lowest BCUT2D eigenvalue weighted by Gasteiger charge is -2.12. The van der Waals surface area contributed by atoms with Gasteiger partial charge in [-0.3, -0.25) is 10.1 Å². The van der Waals surface area contributed by atoms with Gasteiger partial charge in [0.1, 0.15) is 5.75 Å². The van der Waals surface area contributed by atoms with Gasteiger partial charge in [-0.15, -0.1) is 0 Å². The monoisotopic (exact) mass is 503 g/mol. The van der Waals surface area contributed by atoms with Crippen molar-refractivity contribution < 1.29 is 9.53 Å². The molecule has 0 heterocycles. The van der Waals surface area contributed by atoms with Gasteiger partial charge in [-0.25, -0.2) is 0 Å². The van der Waals surface area contributed by atoms with E-state index in [2.05, 4.69) is 38.5 Å². The van der Waals surface area contributed by atoms with E-state index in [0.29, 0.717) is 5.56 Å². The molecule has 0 saturated heterocycles. The van der Waals surface area contributed by atoms with Crippen LogP contribution in [0, 0.1) is 3.57 Å². The maximum Gasteiger partial charge on any atom is 0.257 e. The maximum atomic E-state index is 12.4. The van der Waals surface area contributed by atoms with Crippen molar-refractivity contribution in [3.63, 3.8) is 0 Å². The number of para-hydroxylation sites is 1. The van der Waals surface area contributed by atoms with Crippen molar-refractivity contribution in [1.82, 2.24) is 5.32 Å². The Hall–Kier alpha value is -2.65. The first kappa shape index (κ1) is 20.1. The largest absolute Gasteiger partial charge is 0.496 e. The van der Waals surface area contributed by atoms with Crippen LogP contribution in [0.15, 0.2) is 72.8 Å². The van der Waals surface area contributed by atoms with Gasteiger partial charge in [0.25, 0.3) is 5.91 Å². The molecule has 3 aromatic rings. The molecule has 3 rings (SSSR count). The van der Waals surface area contributed by atoms with E-state index in [4.69, 9.17) is 17.0 Å². The Kier molecular flexibility index (Phi) is 6.83. The molecule has 142 valence electrons. The molecule has 0 fully saturated rings. The zero-order valence-corrected chi connectivity index (χ0v) is 18.0. The van der Waals surface area contributed by atoms with Crippen molar-refractivity contribution in [2.45, 2.75) is 0 Å². The van der Waals surface area contributed by atoms with Crippen LogP contribution in [0.2, 0.25) is 0 Å². The second-order valence-corrected chi connectivity index (χ2v) is 7.40. The Bertz CT molecular complexity index is 979. The molecule has 0 aliphatic rings. The van der Waals surface area contributed by atoms with Crippen molar-refractivity contribution in [3.05, 3.63) is 81.9 Å². The molecule has 0 unspecified atom stereocenters. The molecular formula is C21H18IN3O2S. The molecule has 0 aliphatic carbocycles. The van der Waals surface area contributed by atoms with Gasteiger partial charge in [-0.2, -0.15) is 0 Å². The van der Waals surface area contributed by atoms with Crippen LogP contribution in [0.4, 0.5) is 17.1 Å². The number of benzene rings is 3. The molecule has 28 heavy (non-hydrogen) atoms. The molecule has 1 amide bonds. The number of anilines is 3. The highest BCUT2D eigenvalue weighted by molar-refractivity contribution is 14.1. The van der Waals surface area contributed by atoms with Crippen molar-refractivity contribution >= 4 is 62.9 Å². The highest BCUT2D eigenvalue weighted by Crippen LogP contribution is 2.22. The van der Waals surface area contributed by atoms with Crippen LogP contribution in [-0.2, 0) is 0 Å². The average Bonchev–Trinajstić information content (AvgIpc) is 2.70. The summed E-state index contributed by atoms with van der Waals surface area (Å²) < 4.78 is 6.06. The minimum absolute atomic E-state index is 0.236. The van der Waals surface area contributed by atoms with E-state index in [1.54, 1.807) is 25.3 Å². The molecule has 0 aliphatic heterocycles. The number of thiocarbonyl (C=S) groups is 1. The number of ether oxygens (including phenoxy) is 1. The van der Waals surface area contributed by atoms with Crippen LogP contribution in [0.25, 0.3) is 0 Å². The topological polar surface area (TPSA) is 62.4 Å². The van der Waals surface area contributed by atoms with Gasteiger partial charge in [0.05, 0.1) is 10.7 Å². The lowest BCUT2D eigenvalue weighted by atomic mass is 10.2. The number of amides is 1. The molecular weight excluding hydrogens is 485 g/mol. The Morgan fingerprint density at radius 2 is 1.57 bits per heavy atom. The number of carbonyl (C=O) groups excluding carboxylic acids is 1. The van der Waals surface area contributed by atoms with Crippen LogP contribution in [0.3, 0.4) is 0 Å².